The number of carbonyl (C=O) groups excluding carboxylic acids is 2. The third-order valence-corrected chi connectivity index (χ3v) is 4.90. The Hall–Kier alpha value is -2.41. The Morgan fingerprint density at radius 1 is 1.20 bits per heavy atom. The maximum atomic E-state index is 12.3. The predicted molar refractivity (Wildman–Crippen MR) is 95.7 cm³/mol. The fourth-order valence-electron chi connectivity index (χ4n) is 2.69. The van der Waals surface area contributed by atoms with Crippen molar-refractivity contribution in [1.82, 2.24) is 20.2 Å². The Bertz CT molecular complexity index is 712. The lowest BCUT2D eigenvalue weighted by molar-refractivity contribution is -0.129. The van der Waals surface area contributed by atoms with Crippen molar-refractivity contribution >= 4 is 23.6 Å². The van der Waals surface area contributed by atoms with Crippen LogP contribution in [0.5, 0.6) is 0 Å². The minimum atomic E-state index is -0.281. The molecule has 0 aliphatic carbocycles. The first kappa shape index (κ1) is 17.4. The lowest BCUT2D eigenvalue weighted by Gasteiger charge is -2.16. The van der Waals surface area contributed by atoms with E-state index in [4.69, 9.17) is 0 Å². The zero-order valence-corrected chi connectivity index (χ0v) is 14.6. The molecule has 2 aromatic heterocycles. The topological polar surface area (TPSA) is 75.2 Å². The number of nitrogens with one attached hydrogen (secondary N) is 1. The van der Waals surface area contributed by atoms with Gasteiger partial charge in [-0.2, -0.15) is 0 Å². The molecule has 130 valence electrons. The number of nitrogens with zero attached hydrogens (tertiary/aromatic N) is 3. The first-order valence-electron chi connectivity index (χ1n) is 8.21. The predicted octanol–water partition coefficient (Wildman–Crippen LogP) is 1.73. The van der Waals surface area contributed by atoms with Crippen molar-refractivity contribution in [2.45, 2.75) is 18.0 Å². The van der Waals surface area contributed by atoms with E-state index >= 15 is 0 Å². The maximum Gasteiger partial charge on any atom is 0.225 e. The molecule has 3 heterocycles. The van der Waals surface area contributed by atoms with E-state index in [9.17, 15) is 9.59 Å². The van der Waals surface area contributed by atoms with Gasteiger partial charge in [-0.15, -0.1) is 11.8 Å². The molecule has 1 aliphatic rings. The van der Waals surface area contributed by atoms with E-state index in [2.05, 4.69) is 15.3 Å². The number of amides is 2. The standard InChI is InChI=1S/C18H20N4O2S/c23-17-11-14(12-22(17)13-15-5-1-3-7-19-15)18(24)21-9-10-25-16-6-2-4-8-20-16/h1-8,14H,9-13H2,(H,21,24)/t14-/m1/s1. The van der Waals surface area contributed by atoms with Crippen LogP contribution in [0, 0.1) is 5.92 Å². The molecule has 7 heteroatoms. The molecule has 3 rings (SSSR count). The van der Waals surface area contributed by atoms with Gasteiger partial charge in [0.1, 0.15) is 0 Å². The van der Waals surface area contributed by atoms with Crippen LogP contribution in [-0.4, -0.2) is 45.5 Å². The molecule has 0 saturated carbocycles. The van der Waals surface area contributed by atoms with Gasteiger partial charge in [0.25, 0.3) is 0 Å². The van der Waals surface area contributed by atoms with Gasteiger partial charge in [0.15, 0.2) is 0 Å². The van der Waals surface area contributed by atoms with Crippen LogP contribution in [0.1, 0.15) is 12.1 Å². The molecule has 1 aliphatic heterocycles. The summed E-state index contributed by atoms with van der Waals surface area (Å²) in [6.45, 7) is 1.47. The molecular formula is C18H20N4O2S. The molecule has 0 radical (unpaired) electrons. The molecule has 0 spiro atoms. The molecule has 1 saturated heterocycles. The molecule has 6 nitrogen and oxygen atoms in total. The monoisotopic (exact) mass is 356 g/mol. The van der Waals surface area contributed by atoms with Gasteiger partial charge in [-0.3, -0.25) is 14.6 Å². The van der Waals surface area contributed by atoms with Crippen molar-refractivity contribution < 1.29 is 9.59 Å². The summed E-state index contributed by atoms with van der Waals surface area (Å²) in [6, 6.07) is 11.4. The SMILES string of the molecule is O=C(NCCSc1ccccn1)[C@@H]1CC(=O)N(Cc2ccccn2)C1. The minimum Gasteiger partial charge on any atom is -0.355 e. The molecule has 0 unspecified atom stereocenters. The molecular weight excluding hydrogens is 336 g/mol. The van der Waals surface area contributed by atoms with E-state index in [0.29, 0.717) is 19.6 Å². The Morgan fingerprint density at radius 3 is 2.72 bits per heavy atom. The lowest BCUT2D eigenvalue weighted by atomic mass is 10.1. The first-order valence-corrected chi connectivity index (χ1v) is 9.20. The van der Waals surface area contributed by atoms with Crippen molar-refractivity contribution in [2.75, 3.05) is 18.8 Å². The first-order chi connectivity index (χ1) is 12.2. The van der Waals surface area contributed by atoms with Crippen LogP contribution in [0.3, 0.4) is 0 Å². The summed E-state index contributed by atoms with van der Waals surface area (Å²) in [5.74, 6) is 0.421. The van der Waals surface area contributed by atoms with Crippen molar-refractivity contribution in [2.24, 2.45) is 5.92 Å². The molecule has 1 fully saturated rings. The number of pyridine rings is 2. The fourth-order valence-corrected chi connectivity index (χ4v) is 3.42. The van der Waals surface area contributed by atoms with Gasteiger partial charge in [0.2, 0.25) is 11.8 Å². The van der Waals surface area contributed by atoms with Crippen LogP contribution < -0.4 is 5.32 Å². The van der Waals surface area contributed by atoms with Gasteiger partial charge < -0.3 is 10.2 Å². The summed E-state index contributed by atoms with van der Waals surface area (Å²) < 4.78 is 0. The zero-order valence-electron chi connectivity index (χ0n) is 13.8. The van der Waals surface area contributed by atoms with E-state index in [1.54, 1.807) is 29.1 Å². The molecule has 1 N–H and O–H groups in total. The molecule has 2 amide bonds. The average Bonchev–Trinajstić information content (AvgIpc) is 3.01. The maximum absolute atomic E-state index is 12.3. The molecule has 2 aromatic rings. The van der Waals surface area contributed by atoms with Crippen LogP contribution >= 0.6 is 11.8 Å². The molecule has 1 atom stereocenters. The fraction of sp³-hybridized carbons (Fsp3) is 0.333. The van der Waals surface area contributed by atoms with Crippen molar-refractivity contribution in [3.8, 4) is 0 Å². The van der Waals surface area contributed by atoms with Crippen LogP contribution in [0.4, 0.5) is 0 Å². The third-order valence-electron chi connectivity index (χ3n) is 3.95. The second kappa shape index (κ2) is 8.62. The van der Waals surface area contributed by atoms with Crippen molar-refractivity contribution in [3.63, 3.8) is 0 Å². The Kier molecular flexibility index (Phi) is 6.00. The minimum absolute atomic E-state index is 0.00802. The summed E-state index contributed by atoms with van der Waals surface area (Å²) in [4.78, 5) is 34.5. The summed E-state index contributed by atoms with van der Waals surface area (Å²) in [5, 5.41) is 3.86. The number of thioether (sulfide) groups is 1. The Morgan fingerprint density at radius 2 is 2.00 bits per heavy atom. The van der Waals surface area contributed by atoms with Crippen molar-refractivity contribution in [1.29, 1.82) is 0 Å². The van der Waals surface area contributed by atoms with Gasteiger partial charge in [-0.05, 0) is 24.3 Å². The van der Waals surface area contributed by atoms with Gasteiger partial charge >= 0.3 is 0 Å². The van der Waals surface area contributed by atoms with Gasteiger partial charge in [-0.1, -0.05) is 12.1 Å². The van der Waals surface area contributed by atoms with Crippen LogP contribution in [0.25, 0.3) is 0 Å². The molecule has 25 heavy (non-hydrogen) atoms. The highest BCUT2D eigenvalue weighted by Crippen LogP contribution is 2.20. The summed E-state index contributed by atoms with van der Waals surface area (Å²) >= 11 is 1.60. The number of rotatable bonds is 7. The normalized spacial score (nSPS) is 16.9. The third kappa shape index (κ3) is 5.03. The second-order valence-electron chi connectivity index (χ2n) is 5.80. The highest BCUT2D eigenvalue weighted by molar-refractivity contribution is 7.99. The average molecular weight is 356 g/mol. The largest absolute Gasteiger partial charge is 0.355 e. The van der Waals surface area contributed by atoms with Crippen LogP contribution in [0.15, 0.2) is 53.8 Å². The van der Waals surface area contributed by atoms with Gasteiger partial charge in [0.05, 0.1) is 23.2 Å². The van der Waals surface area contributed by atoms with Crippen LogP contribution in [-0.2, 0) is 16.1 Å². The van der Waals surface area contributed by atoms with E-state index in [0.717, 1.165) is 16.5 Å². The van der Waals surface area contributed by atoms with Crippen molar-refractivity contribution in [3.05, 3.63) is 54.5 Å². The number of likely N-dealkylation sites (tertiary alicyclic amines) is 1. The smallest absolute Gasteiger partial charge is 0.225 e. The van der Waals surface area contributed by atoms with Crippen LogP contribution in [0.2, 0.25) is 0 Å². The van der Waals surface area contributed by atoms with Gasteiger partial charge in [-0.25, -0.2) is 4.98 Å². The van der Waals surface area contributed by atoms with Gasteiger partial charge in [0, 0.05) is 37.7 Å². The van der Waals surface area contributed by atoms with E-state index in [1.807, 2.05) is 36.4 Å². The Labute approximate surface area is 151 Å². The lowest BCUT2D eigenvalue weighted by Crippen LogP contribution is -2.34. The zero-order chi connectivity index (χ0) is 17.5. The number of hydrogen-bond donors (Lipinski definition) is 1. The van der Waals surface area contributed by atoms with E-state index in [-0.39, 0.29) is 24.2 Å². The van der Waals surface area contributed by atoms with E-state index < -0.39 is 0 Å². The molecule has 0 aromatic carbocycles. The highest BCUT2D eigenvalue weighted by Gasteiger charge is 2.34. The summed E-state index contributed by atoms with van der Waals surface area (Å²) in [5.41, 5.74) is 0.837. The second-order valence-corrected chi connectivity index (χ2v) is 6.92. The molecule has 0 bridgehead atoms. The summed E-state index contributed by atoms with van der Waals surface area (Å²) in [7, 11) is 0. The number of hydrogen-bond acceptors (Lipinski definition) is 5. The number of aromatic nitrogens is 2. The quantitative estimate of drug-likeness (QED) is 0.604. The number of carbonyl (C=O) groups is 2. The van der Waals surface area contributed by atoms with E-state index in [1.165, 1.54) is 0 Å². The Balaban J connectivity index is 1.41. The summed E-state index contributed by atoms with van der Waals surface area (Å²) in [6.07, 6.45) is 3.73. The highest BCUT2D eigenvalue weighted by atomic mass is 32.2.